The molecule has 114 valence electrons. The molecule has 0 bridgehead atoms. The molecule has 1 unspecified atom stereocenters. The Balaban J connectivity index is 2.32. The topological polar surface area (TPSA) is 29.9 Å². The van der Waals surface area contributed by atoms with Crippen molar-refractivity contribution in [3.05, 3.63) is 49.7 Å². The van der Waals surface area contributed by atoms with Gasteiger partial charge in [0.15, 0.2) is 0 Å². The van der Waals surface area contributed by atoms with Crippen molar-refractivity contribution in [1.29, 1.82) is 0 Å². The molecule has 0 fully saturated rings. The number of aromatic nitrogens is 2. The summed E-state index contributed by atoms with van der Waals surface area (Å²) in [6.45, 7) is 4.88. The van der Waals surface area contributed by atoms with Crippen molar-refractivity contribution in [2.24, 2.45) is 7.05 Å². The van der Waals surface area contributed by atoms with Gasteiger partial charge in [0.1, 0.15) is 0 Å². The molecule has 0 spiro atoms. The minimum Gasteiger partial charge on any atom is -0.310 e. The van der Waals surface area contributed by atoms with E-state index in [2.05, 4.69) is 39.3 Å². The van der Waals surface area contributed by atoms with E-state index in [-0.39, 0.29) is 6.04 Å². The highest BCUT2D eigenvalue weighted by Crippen LogP contribution is 2.29. The molecule has 0 aliphatic rings. The molecule has 0 radical (unpaired) electrons. The Kier molecular flexibility index (Phi) is 5.72. The molecule has 0 saturated heterocycles. The third-order valence-corrected chi connectivity index (χ3v) is 5.18. The Morgan fingerprint density at radius 3 is 2.62 bits per heavy atom. The fourth-order valence-electron chi connectivity index (χ4n) is 2.38. The van der Waals surface area contributed by atoms with Gasteiger partial charge in [-0.1, -0.05) is 36.2 Å². The minimum atomic E-state index is 0.146. The number of benzene rings is 1. The van der Waals surface area contributed by atoms with Crippen molar-refractivity contribution in [3.8, 4) is 0 Å². The highest BCUT2D eigenvalue weighted by molar-refractivity contribution is 9.10. The maximum Gasteiger partial charge on any atom is 0.0847 e. The molecule has 2 rings (SSSR count). The molecule has 3 nitrogen and oxygen atoms in total. The highest BCUT2D eigenvalue weighted by Gasteiger charge is 2.18. The quantitative estimate of drug-likeness (QED) is 0.802. The fraction of sp³-hybridized carbons (Fsp3) is 0.400. The van der Waals surface area contributed by atoms with E-state index in [0.29, 0.717) is 5.02 Å². The molecular weight excluding hydrogens is 373 g/mol. The highest BCUT2D eigenvalue weighted by atomic mass is 79.9. The van der Waals surface area contributed by atoms with Crippen LogP contribution in [0.2, 0.25) is 10.0 Å². The second-order valence-corrected chi connectivity index (χ2v) is 6.60. The summed E-state index contributed by atoms with van der Waals surface area (Å²) in [7, 11) is 1.92. The van der Waals surface area contributed by atoms with Gasteiger partial charge in [-0.25, -0.2) is 0 Å². The molecule has 1 heterocycles. The maximum atomic E-state index is 6.36. The van der Waals surface area contributed by atoms with Crippen LogP contribution < -0.4 is 5.32 Å². The van der Waals surface area contributed by atoms with Crippen LogP contribution in [0.5, 0.6) is 0 Å². The summed E-state index contributed by atoms with van der Waals surface area (Å²) >= 11 is 16.0. The van der Waals surface area contributed by atoms with Crippen LogP contribution in [0.4, 0.5) is 0 Å². The van der Waals surface area contributed by atoms with Gasteiger partial charge in [-0.15, -0.1) is 0 Å². The molecule has 0 aliphatic carbocycles. The summed E-state index contributed by atoms with van der Waals surface area (Å²) in [5.74, 6) is 0. The predicted octanol–water partition coefficient (Wildman–Crippen LogP) is 4.69. The van der Waals surface area contributed by atoms with Crippen LogP contribution in [0.15, 0.2) is 22.7 Å². The number of rotatable bonds is 5. The van der Waals surface area contributed by atoms with Crippen LogP contribution in [0.25, 0.3) is 0 Å². The first-order chi connectivity index (χ1) is 9.93. The molecule has 6 heteroatoms. The third-order valence-electron chi connectivity index (χ3n) is 3.46. The van der Waals surface area contributed by atoms with Crippen molar-refractivity contribution < 1.29 is 0 Å². The van der Waals surface area contributed by atoms with Crippen LogP contribution in [0.1, 0.15) is 29.9 Å². The predicted molar refractivity (Wildman–Crippen MR) is 92.2 cm³/mol. The Labute approximate surface area is 143 Å². The van der Waals surface area contributed by atoms with Crippen LogP contribution >= 0.6 is 39.1 Å². The van der Waals surface area contributed by atoms with E-state index in [0.717, 1.165) is 39.4 Å². The van der Waals surface area contributed by atoms with Crippen LogP contribution in [-0.4, -0.2) is 16.3 Å². The third kappa shape index (κ3) is 3.81. The second kappa shape index (κ2) is 7.14. The lowest BCUT2D eigenvalue weighted by atomic mass is 10.0. The van der Waals surface area contributed by atoms with E-state index in [1.165, 1.54) is 0 Å². The number of hydrogen-bond acceptors (Lipinski definition) is 2. The van der Waals surface area contributed by atoms with Crippen molar-refractivity contribution in [2.45, 2.75) is 26.3 Å². The van der Waals surface area contributed by atoms with Gasteiger partial charge >= 0.3 is 0 Å². The van der Waals surface area contributed by atoms with E-state index in [9.17, 15) is 0 Å². The van der Waals surface area contributed by atoms with Gasteiger partial charge in [0, 0.05) is 24.0 Å². The molecule has 1 aromatic carbocycles. The number of nitrogens with one attached hydrogen (secondary N) is 1. The molecule has 1 atom stereocenters. The van der Waals surface area contributed by atoms with Crippen LogP contribution in [-0.2, 0) is 13.5 Å². The van der Waals surface area contributed by atoms with E-state index in [1.807, 2.05) is 30.8 Å². The summed E-state index contributed by atoms with van der Waals surface area (Å²) in [4.78, 5) is 0. The number of aryl methyl sites for hydroxylation is 2. The van der Waals surface area contributed by atoms with Crippen LogP contribution in [0.3, 0.4) is 0 Å². The summed E-state index contributed by atoms with van der Waals surface area (Å²) in [5, 5.41) is 9.31. The molecule has 0 amide bonds. The van der Waals surface area contributed by atoms with E-state index in [4.69, 9.17) is 23.2 Å². The monoisotopic (exact) mass is 389 g/mol. The molecular formula is C15H18BrCl2N3. The molecule has 0 saturated carbocycles. The first kappa shape index (κ1) is 16.8. The van der Waals surface area contributed by atoms with Gasteiger partial charge in [-0.2, -0.15) is 5.10 Å². The van der Waals surface area contributed by atoms with Gasteiger partial charge in [0.2, 0.25) is 0 Å². The van der Waals surface area contributed by atoms with Crippen molar-refractivity contribution in [2.75, 3.05) is 6.54 Å². The molecule has 21 heavy (non-hydrogen) atoms. The van der Waals surface area contributed by atoms with Crippen molar-refractivity contribution in [3.63, 3.8) is 0 Å². The first-order valence-corrected chi connectivity index (χ1v) is 8.35. The Morgan fingerprint density at radius 1 is 1.38 bits per heavy atom. The van der Waals surface area contributed by atoms with Gasteiger partial charge in [0.05, 0.1) is 21.4 Å². The summed E-state index contributed by atoms with van der Waals surface area (Å²) in [6, 6.07) is 6.17. The number of likely N-dealkylation sites (N-methyl/N-ethyl adjacent to an activating group) is 1. The van der Waals surface area contributed by atoms with E-state index >= 15 is 0 Å². The largest absolute Gasteiger partial charge is 0.310 e. The second-order valence-electron chi connectivity index (χ2n) is 4.96. The van der Waals surface area contributed by atoms with E-state index in [1.54, 1.807) is 0 Å². The summed E-state index contributed by atoms with van der Waals surface area (Å²) < 4.78 is 2.75. The molecule has 0 aliphatic heterocycles. The van der Waals surface area contributed by atoms with Gasteiger partial charge in [-0.3, -0.25) is 4.68 Å². The summed E-state index contributed by atoms with van der Waals surface area (Å²) in [5.41, 5.74) is 3.03. The lowest BCUT2D eigenvalue weighted by molar-refractivity contribution is 0.529. The lowest BCUT2D eigenvalue weighted by Gasteiger charge is -2.19. The summed E-state index contributed by atoms with van der Waals surface area (Å²) in [6.07, 6.45) is 0.766. The van der Waals surface area contributed by atoms with Crippen LogP contribution in [0, 0.1) is 6.92 Å². The Bertz CT molecular complexity index is 640. The standard InChI is InChI=1S/C15H18BrCl2N3/c1-4-19-13(10-5-6-11(16)12(17)7-10)8-14-15(18)9(2)20-21(14)3/h5-7,13,19H,4,8H2,1-3H3. The lowest BCUT2D eigenvalue weighted by Crippen LogP contribution is -2.24. The molecule has 1 aromatic heterocycles. The zero-order valence-electron chi connectivity index (χ0n) is 12.3. The normalized spacial score (nSPS) is 12.7. The smallest absolute Gasteiger partial charge is 0.0847 e. The van der Waals surface area contributed by atoms with Gasteiger partial charge in [0.25, 0.3) is 0 Å². The average Bonchev–Trinajstić information content (AvgIpc) is 2.68. The first-order valence-electron chi connectivity index (χ1n) is 6.80. The SMILES string of the molecule is CCNC(Cc1c(Cl)c(C)nn1C)c1ccc(Br)c(Cl)c1. The Morgan fingerprint density at radius 2 is 2.10 bits per heavy atom. The average molecular weight is 391 g/mol. The zero-order valence-corrected chi connectivity index (χ0v) is 15.3. The van der Waals surface area contributed by atoms with E-state index < -0.39 is 0 Å². The number of halogens is 3. The minimum absolute atomic E-state index is 0.146. The zero-order chi connectivity index (χ0) is 15.6. The molecule has 2 aromatic rings. The van der Waals surface area contributed by atoms with Crippen molar-refractivity contribution >= 4 is 39.1 Å². The fourth-order valence-corrected chi connectivity index (χ4v) is 3.05. The Hall–Kier alpha value is -0.550. The van der Waals surface area contributed by atoms with Gasteiger partial charge < -0.3 is 5.32 Å². The molecule has 1 N–H and O–H groups in total. The number of nitrogens with zero attached hydrogens (tertiary/aromatic N) is 2. The van der Waals surface area contributed by atoms with Gasteiger partial charge in [-0.05, 0) is 47.1 Å². The number of hydrogen-bond donors (Lipinski definition) is 1. The maximum absolute atomic E-state index is 6.36. The van der Waals surface area contributed by atoms with Crippen molar-refractivity contribution in [1.82, 2.24) is 15.1 Å².